The third-order valence-corrected chi connectivity index (χ3v) is 10.5. The minimum atomic E-state index is -0.265. The van der Waals surface area contributed by atoms with Gasteiger partial charge < -0.3 is 14.6 Å². The monoisotopic (exact) mass is 582 g/mol. The van der Waals surface area contributed by atoms with Crippen LogP contribution >= 0.6 is 0 Å². The van der Waals surface area contributed by atoms with Gasteiger partial charge in [-0.1, -0.05) is 25.8 Å². The number of Topliss-reactive ketones (excluding diaryl/α,β-unsaturated/α-hetero) is 1. The van der Waals surface area contributed by atoms with Crippen molar-refractivity contribution in [2.75, 3.05) is 19.6 Å². The van der Waals surface area contributed by atoms with E-state index in [1.165, 1.54) is 37.9 Å². The molecule has 2 atom stereocenters. The van der Waals surface area contributed by atoms with Crippen molar-refractivity contribution in [3.05, 3.63) is 48.1 Å². The number of fused-ring (bicyclic) bond motifs is 1. The van der Waals surface area contributed by atoms with Crippen molar-refractivity contribution < 1.29 is 14.0 Å². The highest BCUT2D eigenvalue weighted by atomic mass is 16.4. The van der Waals surface area contributed by atoms with Crippen molar-refractivity contribution in [1.29, 1.82) is 0 Å². The molecule has 1 spiro atoms. The molecule has 1 aromatic carbocycles. The number of nitrogens with zero attached hydrogens (tertiary/aromatic N) is 3. The second-order valence-electron chi connectivity index (χ2n) is 13.9. The summed E-state index contributed by atoms with van der Waals surface area (Å²) in [6.45, 7) is 5.44. The molecule has 4 aliphatic rings. The van der Waals surface area contributed by atoms with Gasteiger partial charge in [-0.05, 0) is 106 Å². The van der Waals surface area contributed by atoms with E-state index < -0.39 is 0 Å². The molecular formula is C36H46N4O3. The van der Waals surface area contributed by atoms with Gasteiger partial charge in [0.1, 0.15) is 11.8 Å². The number of piperidine rings is 1. The van der Waals surface area contributed by atoms with Crippen LogP contribution in [0.15, 0.2) is 40.9 Å². The van der Waals surface area contributed by atoms with Crippen molar-refractivity contribution in [3.8, 4) is 11.3 Å². The van der Waals surface area contributed by atoms with Gasteiger partial charge in [0.25, 0.3) is 0 Å². The van der Waals surface area contributed by atoms with Crippen LogP contribution in [-0.2, 0) is 9.59 Å². The predicted molar refractivity (Wildman–Crippen MR) is 167 cm³/mol. The number of nitrogens with one attached hydrogen (secondary N) is 1. The Kier molecular flexibility index (Phi) is 8.10. The molecule has 0 radical (unpaired) electrons. The minimum Gasteiger partial charge on any atom is -0.438 e. The van der Waals surface area contributed by atoms with Gasteiger partial charge in [0.15, 0.2) is 5.76 Å². The van der Waals surface area contributed by atoms with Crippen LogP contribution < -0.4 is 5.32 Å². The number of carbonyl (C=O) groups excluding carboxylic acids is 2. The lowest BCUT2D eigenvalue weighted by atomic mass is 9.90. The fourth-order valence-corrected chi connectivity index (χ4v) is 7.15. The highest BCUT2D eigenvalue weighted by Gasteiger charge is 2.58. The van der Waals surface area contributed by atoms with E-state index in [2.05, 4.69) is 45.5 Å². The summed E-state index contributed by atoms with van der Waals surface area (Å²) in [5, 5.41) is 4.45. The number of hydrogen-bond acceptors (Lipinski definition) is 6. The number of ketones is 1. The van der Waals surface area contributed by atoms with Crippen LogP contribution in [0.5, 0.6) is 0 Å². The number of aromatic nitrogens is 2. The lowest BCUT2D eigenvalue weighted by Crippen LogP contribution is -2.38. The third-order valence-electron chi connectivity index (χ3n) is 10.5. The fraction of sp³-hybridized carbons (Fsp3) is 0.611. The van der Waals surface area contributed by atoms with Gasteiger partial charge in [0, 0.05) is 47.9 Å². The molecular weight excluding hydrogens is 536 g/mol. The topological polar surface area (TPSA) is 88.3 Å². The number of unbranched alkanes of at least 4 members (excludes halogenated alkanes) is 2. The molecule has 3 heterocycles. The van der Waals surface area contributed by atoms with Crippen molar-refractivity contribution >= 4 is 22.6 Å². The predicted octanol–water partition coefficient (Wildman–Crippen LogP) is 7.37. The Labute approximate surface area is 255 Å². The fourth-order valence-electron chi connectivity index (χ4n) is 7.15. The number of amides is 1. The maximum absolute atomic E-state index is 13.6. The molecule has 7 nitrogen and oxygen atoms in total. The molecule has 1 amide bonds. The summed E-state index contributed by atoms with van der Waals surface area (Å²) in [6.07, 6.45) is 15.1. The van der Waals surface area contributed by atoms with Gasteiger partial charge in [-0.3, -0.25) is 14.6 Å². The molecule has 4 fully saturated rings. The first-order chi connectivity index (χ1) is 21.0. The largest absolute Gasteiger partial charge is 0.438 e. The molecule has 1 N–H and O–H groups in total. The molecule has 1 saturated heterocycles. The van der Waals surface area contributed by atoms with Crippen LogP contribution in [0.3, 0.4) is 0 Å². The Bertz CT molecular complexity index is 1460. The molecule has 7 heteroatoms. The van der Waals surface area contributed by atoms with E-state index in [1.54, 1.807) is 6.20 Å². The average molecular weight is 583 g/mol. The Morgan fingerprint density at radius 3 is 2.67 bits per heavy atom. The molecule has 0 bridgehead atoms. The van der Waals surface area contributed by atoms with E-state index in [0.29, 0.717) is 36.2 Å². The summed E-state index contributed by atoms with van der Waals surface area (Å²) in [7, 11) is 0. The smallest absolute Gasteiger partial charge is 0.224 e. The average Bonchev–Trinajstić information content (AvgIpc) is 3.96. The third kappa shape index (κ3) is 6.72. The normalized spacial score (nSPS) is 22.1. The summed E-state index contributed by atoms with van der Waals surface area (Å²) in [5.74, 6) is 3.41. The van der Waals surface area contributed by atoms with Crippen LogP contribution in [-0.4, -0.2) is 46.2 Å². The number of likely N-dealkylation sites (tertiary alicyclic amines) is 1. The lowest BCUT2D eigenvalue weighted by molar-refractivity contribution is -0.124. The zero-order valence-corrected chi connectivity index (χ0v) is 25.7. The van der Waals surface area contributed by atoms with Crippen LogP contribution in [0, 0.1) is 17.3 Å². The molecule has 3 saturated carbocycles. The summed E-state index contributed by atoms with van der Waals surface area (Å²) in [6, 6.07) is 10.3. The summed E-state index contributed by atoms with van der Waals surface area (Å²) in [5.41, 5.74) is 3.36. The van der Waals surface area contributed by atoms with E-state index in [-0.39, 0.29) is 23.3 Å². The van der Waals surface area contributed by atoms with Gasteiger partial charge >= 0.3 is 0 Å². The Balaban J connectivity index is 1.01. The first-order valence-corrected chi connectivity index (χ1v) is 16.9. The number of carbonyl (C=O) groups is 2. The van der Waals surface area contributed by atoms with Gasteiger partial charge in [-0.15, -0.1) is 0 Å². The first-order valence-electron chi connectivity index (χ1n) is 16.9. The highest BCUT2D eigenvalue weighted by Crippen LogP contribution is 2.59. The second kappa shape index (κ2) is 12.1. The molecule has 7 rings (SSSR count). The number of hydrogen-bond donors (Lipinski definition) is 1. The maximum Gasteiger partial charge on any atom is 0.224 e. The Hall–Kier alpha value is -3.06. The zero-order chi connectivity index (χ0) is 29.4. The Morgan fingerprint density at radius 1 is 1.07 bits per heavy atom. The molecule has 2 aromatic heterocycles. The van der Waals surface area contributed by atoms with E-state index >= 15 is 0 Å². The van der Waals surface area contributed by atoms with E-state index in [4.69, 9.17) is 9.40 Å². The van der Waals surface area contributed by atoms with Crippen LogP contribution in [0.25, 0.3) is 22.2 Å². The number of oxazole rings is 1. The van der Waals surface area contributed by atoms with Gasteiger partial charge in [-0.2, -0.15) is 0 Å². The van der Waals surface area contributed by atoms with Crippen LogP contribution in [0.4, 0.5) is 0 Å². The van der Waals surface area contributed by atoms with Crippen LogP contribution in [0.2, 0.25) is 0 Å². The Morgan fingerprint density at radius 2 is 1.91 bits per heavy atom. The SMILES string of the molecule is CCC(=O)CCCCC[C@H](NC(=O)[C@H]1CC12CCN(CC1CC1)CC2)c1ncc(-c2ccc3nc(C4CC4)ccc3c2)o1. The van der Waals surface area contributed by atoms with E-state index in [9.17, 15) is 9.59 Å². The van der Waals surface area contributed by atoms with Crippen molar-refractivity contribution in [2.45, 2.75) is 102 Å². The van der Waals surface area contributed by atoms with Gasteiger partial charge in [-0.25, -0.2) is 4.98 Å². The molecule has 228 valence electrons. The first kappa shape index (κ1) is 28.7. The van der Waals surface area contributed by atoms with Gasteiger partial charge in [0.05, 0.1) is 11.7 Å². The van der Waals surface area contributed by atoms with Crippen LogP contribution in [0.1, 0.15) is 114 Å². The zero-order valence-electron chi connectivity index (χ0n) is 25.7. The molecule has 3 aliphatic carbocycles. The quantitative estimate of drug-likeness (QED) is 0.200. The van der Waals surface area contributed by atoms with Crippen molar-refractivity contribution in [2.24, 2.45) is 17.3 Å². The number of pyridine rings is 1. The molecule has 1 aliphatic heterocycles. The maximum atomic E-state index is 13.6. The molecule has 43 heavy (non-hydrogen) atoms. The standard InChI is InChI=1S/C36H46N4O3/c1-2-28(41)6-4-3-5-7-32(39-34(42)29-21-36(29)16-18-40(19-17-36)23-24-8-9-24)35-37-22-33(43-35)27-13-15-31-26(20-27)12-14-30(38-31)25-10-11-25/h12-15,20,22,24-25,29,32H,2-11,16-19,21,23H2,1H3,(H,39,42)/t29-,32+/m1/s1. The van der Waals surface area contributed by atoms with Gasteiger partial charge in [0.2, 0.25) is 11.8 Å². The van der Waals surface area contributed by atoms with Crippen molar-refractivity contribution in [1.82, 2.24) is 20.2 Å². The second-order valence-corrected chi connectivity index (χ2v) is 13.9. The number of rotatable bonds is 14. The van der Waals surface area contributed by atoms with E-state index in [1.807, 2.05) is 6.92 Å². The summed E-state index contributed by atoms with van der Waals surface area (Å²) < 4.78 is 6.35. The van der Waals surface area contributed by atoms with E-state index in [0.717, 1.165) is 80.4 Å². The molecule has 0 unspecified atom stereocenters. The minimum absolute atomic E-state index is 0.100. The number of benzene rings is 1. The lowest BCUT2D eigenvalue weighted by Gasteiger charge is -2.33. The summed E-state index contributed by atoms with van der Waals surface area (Å²) in [4.78, 5) is 37.5. The van der Waals surface area contributed by atoms with Crippen molar-refractivity contribution in [3.63, 3.8) is 0 Å². The molecule has 3 aromatic rings. The highest BCUT2D eigenvalue weighted by molar-refractivity contribution is 5.84. The summed E-state index contributed by atoms with van der Waals surface area (Å²) >= 11 is 0.